The molecule has 0 amide bonds. The lowest BCUT2D eigenvalue weighted by Gasteiger charge is -2.36. The highest BCUT2D eigenvalue weighted by molar-refractivity contribution is 6.30. The molecular weight excluding hydrogens is 264 g/mol. The van der Waals surface area contributed by atoms with Crippen LogP contribution in [0, 0.1) is 0 Å². The summed E-state index contributed by atoms with van der Waals surface area (Å²) >= 11 is 6.07. The van der Waals surface area contributed by atoms with Crippen LogP contribution in [0.25, 0.3) is 0 Å². The summed E-state index contributed by atoms with van der Waals surface area (Å²) in [5.41, 5.74) is 1.07. The summed E-state index contributed by atoms with van der Waals surface area (Å²) in [4.78, 5) is 4.68. The molecule has 1 aromatic carbocycles. The Balaban J connectivity index is 1.99. The van der Waals surface area contributed by atoms with Gasteiger partial charge in [-0.15, -0.1) is 0 Å². The number of methoxy groups -OCH3 is 1. The lowest BCUT2D eigenvalue weighted by molar-refractivity contribution is 0.215. The number of hydrogen-bond donors (Lipinski definition) is 1. The largest absolute Gasteiger partial charge is 0.495 e. The minimum Gasteiger partial charge on any atom is -0.495 e. The Bertz CT molecular complexity index is 406. The smallest absolute Gasteiger partial charge is 0.142 e. The average molecular weight is 285 g/mol. The summed E-state index contributed by atoms with van der Waals surface area (Å²) in [6.07, 6.45) is 0.848. The van der Waals surface area contributed by atoms with Crippen LogP contribution in [0.15, 0.2) is 18.2 Å². The first kappa shape index (κ1) is 14.4. The van der Waals surface area contributed by atoms with Crippen molar-refractivity contribution in [1.82, 2.24) is 4.90 Å². The van der Waals surface area contributed by atoms with Gasteiger partial charge in [0.05, 0.1) is 12.8 Å². The number of benzene rings is 1. The Labute approximate surface area is 119 Å². The third-order valence-electron chi connectivity index (χ3n) is 3.49. The number of hydrogen-bond acceptors (Lipinski definition) is 4. The molecule has 1 heterocycles. The van der Waals surface area contributed by atoms with Gasteiger partial charge in [0.1, 0.15) is 5.75 Å². The van der Waals surface area contributed by atoms with Gasteiger partial charge in [0.2, 0.25) is 0 Å². The van der Waals surface area contributed by atoms with Gasteiger partial charge in [0.25, 0.3) is 0 Å². The van der Waals surface area contributed by atoms with Crippen LogP contribution in [0.1, 0.15) is 6.42 Å². The van der Waals surface area contributed by atoms with E-state index < -0.39 is 0 Å². The van der Waals surface area contributed by atoms with E-state index in [1.165, 1.54) is 0 Å². The number of rotatable bonds is 5. The van der Waals surface area contributed by atoms with E-state index in [0.29, 0.717) is 0 Å². The molecule has 1 N–H and O–H groups in total. The molecule has 1 fully saturated rings. The zero-order chi connectivity index (χ0) is 13.7. The molecule has 0 unspecified atom stereocenters. The molecular formula is C14H21ClN2O2. The fraction of sp³-hybridized carbons (Fsp3) is 0.571. The van der Waals surface area contributed by atoms with Gasteiger partial charge in [-0.25, -0.2) is 0 Å². The topological polar surface area (TPSA) is 35.9 Å². The lowest BCUT2D eigenvalue weighted by atomic mass is 10.2. The highest BCUT2D eigenvalue weighted by atomic mass is 35.5. The number of anilines is 1. The fourth-order valence-corrected chi connectivity index (χ4v) is 2.58. The molecule has 0 aromatic heterocycles. The van der Waals surface area contributed by atoms with E-state index in [9.17, 15) is 0 Å². The number of nitrogens with zero attached hydrogens (tertiary/aromatic N) is 2. The van der Waals surface area contributed by atoms with Crippen molar-refractivity contribution in [2.45, 2.75) is 6.42 Å². The van der Waals surface area contributed by atoms with Crippen molar-refractivity contribution >= 4 is 17.3 Å². The summed E-state index contributed by atoms with van der Waals surface area (Å²) in [7, 11) is 1.68. The molecule has 0 spiro atoms. The fourth-order valence-electron chi connectivity index (χ4n) is 2.42. The molecule has 0 aliphatic carbocycles. The average Bonchev–Trinajstić information content (AvgIpc) is 2.45. The van der Waals surface area contributed by atoms with E-state index in [4.69, 9.17) is 21.4 Å². The SMILES string of the molecule is COc1ccc(Cl)cc1N1CCN(CCCO)CC1. The maximum Gasteiger partial charge on any atom is 0.142 e. The molecule has 1 aromatic rings. The van der Waals surface area contributed by atoms with Crippen molar-refractivity contribution in [3.63, 3.8) is 0 Å². The first-order valence-corrected chi connectivity index (χ1v) is 7.04. The van der Waals surface area contributed by atoms with Gasteiger partial charge in [0.15, 0.2) is 0 Å². The second-order valence-corrected chi connectivity index (χ2v) is 5.16. The van der Waals surface area contributed by atoms with Crippen LogP contribution in [0.3, 0.4) is 0 Å². The molecule has 1 saturated heterocycles. The van der Waals surface area contributed by atoms with Crippen LogP contribution >= 0.6 is 11.6 Å². The van der Waals surface area contributed by atoms with E-state index in [-0.39, 0.29) is 6.61 Å². The van der Waals surface area contributed by atoms with Crippen molar-refractivity contribution in [2.75, 3.05) is 51.3 Å². The van der Waals surface area contributed by atoms with Gasteiger partial charge in [-0.1, -0.05) is 11.6 Å². The first-order chi connectivity index (χ1) is 9.24. The molecule has 19 heavy (non-hydrogen) atoms. The highest BCUT2D eigenvalue weighted by Crippen LogP contribution is 2.31. The lowest BCUT2D eigenvalue weighted by Crippen LogP contribution is -2.46. The van der Waals surface area contributed by atoms with Crippen LogP contribution in [0.4, 0.5) is 5.69 Å². The van der Waals surface area contributed by atoms with Gasteiger partial charge in [-0.2, -0.15) is 0 Å². The van der Waals surface area contributed by atoms with Crippen molar-refractivity contribution in [3.8, 4) is 5.75 Å². The molecule has 1 aliphatic rings. The van der Waals surface area contributed by atoms with E-state index in [1.807, 2.05) is 18.2 Å². The van der Waals surface area contributed by atoms with Crippen LogP contribution < -0.4 is 9.64 Å². The van der Waals surface area contributed by atoms with E-state index in [2.05, 4.69) is 9.80 Å². The first-order valence-electron chi connectivity index (χ1n) is 6.66. The minimum absolute atomic E-state index is 0.266. The Morgan fingerprint density at radius 3 is 2.63 bits per heavy atom. The summed E-state index contributed by atoms with van der Waals surface area (Å²) < 4.78 is 5.40. The zero-order valence-corrected chi connectivity index (χ0v) is 12.1. The molecule has 1 aliphatic heterocycles. The van der Waals surface area contributed by atoms with E-state index >= 15 is 0 Å². The summed E-state index contributed by atoms with van der Waals surface area (Å²) in [6.45, 7) is 5.18. The maximum absolute atomic E-state index is 8.86. The van der Waals surface area contributed by atoms with Crippen molar-refractivity contribution in [3.05, 3.63) is 23.2 Å². The van der Waals surface area contributed by atoms with Gasteiger partial charge < -0.3 is 14.7 Å². The Kier molecular flexibility index (Phi) is 5.31. The van der Waals surface area contributed by atoms with Gasteiger partial charge in [-0.3, -0.25) is 4.90 Å². The third-order valence-corrected chi connectivity index (χ3v) is 3.72. The third kappa shape index (κ3) is 3.75. The van der Waals surface area contributed by atoms with Crippen LogP contribution in [-0.4, -0.2) is 56.4 Å². The Morgan fingerprint density at radius 2 is 2.00 bits per heavy atom. The highest BCUT2D eigenvalue weighted by Gasteiger charge is 2.19. The van der Waals surface area contributed by atoms with Crippen molar-refractivity contribution in [1.29, 1.82) is 0 Å². The van der Waals surface area contributed by atoms with Crippen LogP contribution in [0.2, 0.25) is 5.02 Å². The molecule has 106 valence electrons. The maximum atomic E-state index is 8.86. The zero-order valence-electron chi connectivity index (χ0n) is 11.3. The molecule has 4 nitrogen and oxygen atoms in total. The molecule has 2 rings (SSSR count). The predicted octanol–water partition coefficient (Wildman–Crippen LogP) is 1.85. The van der Waals surface area contributed by atoms with E-state index in [0.717, 1.165) is 55.6 Å². The normalized spacial score (nSPS) is 16.7. The Morgan fingerprint density at radius 1 is 1.26 bits per heavy atom. The molecule has 0 bridgehead atoms. The monoisotopic (exact) mass is 284 g/mol. The summed E-state index contributed by atoms with van der Waals surface area (Å²) in [5.74, 6) is 0.869. The van der Waals surface area contributed by atoms with E-state index in [1.54, 1.807) is 7.11 Å². The summed E-state index contributed by atoms with van der Waals surface area (Å²) in [6, 6.07) is 5.72. The second-order valence-electron chi connectivity index (χ2n) is 4.72. The quantitative estimate of drug-likeness (QED) is 0.895. The molecule has 0 atom stereocenters. The molecule has 5 heteroatoms. The number of piperazine rings is 1. The molecule has 0 radical (unpaired) electrons. The Hall–Kier alpha value is -0.970. The van der Waals surface area contributed by atoms with Crippen molar-refractivity contribution in [2.24, 2.45) is 0 Å². The van der Waals surface area contributed by atoms with Crippen LogP contribution in [0.5, 0.6) is 5.75 Å². The minimum atomic E-state index is 0.266. The van der Waals surface area contributed by atoms with Gasteiger partial charge >= 0.3 is 0 Å². The predicted molar refractivity (Wildman–Crippen MR) is 78.4 cm³/mol. The number of halogens is 1. The second kappa shape index (κ2) is 6.98. The summed E-state index contributed by atoms with van der Waals surface area (Å²) in [5, 5.41) is 9.59. The van der Waals surface area contributed by atoms with Crippen LogP contribution in [-0.2, 0) is 0 Å². The van der Waals surface area contributed by atoms with Crippen molar-refractivity contribution < 1.29 is 9.84 Å². The van der Waals surface area contributed by atoms with Gasteiger partial charge in [-0.05, 0) is 24.6 Å². The standard InChI is InChI=1S/C14H21ClN2O2/c1-19-14-4-3-12(15)11-13(14)17-8-6-16(7-9-17)5-2-10-18/h3-4,11,18H,2,5-10H2,1H3. The number of ether oxygens (including phenoxy) is 1. The van der Waals surface area contributed by atoms with Gasteiger partial charge in [0, 0.05) is 44.4 Å². The number of aliphatic hydroxyl groups is 1. The molecule has 0 saturated carbocycles. The number of aliphatic hydroxyl groups excluding tert-OH is 1.